The normalized spacial score (nSPS) is 15.7. The van der Waals surface area contributed by atoms with Gasteiger partial charge in [0.05, 0.1) is 13.2 Å². The maximum atomic E-state index is 13.9. The van der Waals surface area contributed by atoms with Crippen molar-refractivity contribution in [2.45, 2.75) is 39.5 Å². The van der Waals surface area contributed by atoms with E-state index in [1.54, 1.807) is 30.6 Å². The van der Waals surface area contributed by atoms with Crippen LogP contribution in [0.5, 0.6) is 5.75 Å². The number of para-hydroxylation sites is 1. The molecule has 1 aliphatic rings. The molecule has 0 heterocycles. The predicted molar refractivity (Wildman–Crippen MR) is 112 cm³/mol. The number of hydrogen-bond donors (Lipinski definition) is 1. The minimum atomic E-state index is -1.79. The van der Waals surface area contributed by atoms with E-state index in [4.69, 9.17) is 9.47 Å². The molecule has 0 amide bonds. The highest BCUT2D eigenvalue weighted by atomic mass is 19.2. The number of halogens is 1. The average molecular weight is 385 g/mol. The predicted octanol–water partition coefficient (Wildman–Crippen LogP) is 5.94. The summed E-state index contributed by atoms with van der Waals surface area (Å²) in [6, 6.07) is 7.17. The fourth-order valence-electron chi connectivity index (χ4n) is 2.79. The first-order chi connectivity index (χ1) is 13.3. The second-order valence-electron chi connectivity index (χ2n) is 6.98. The number of alkyl halides is 1. The molecule has 0 atom stereocenters. The standard InChI is InChI=1S/C23H28FNO3/c1-5-18(19-10-6-7-12-22(19)28-23(3,4)24)15-25-13-14-27-16-20-17(2)9-8-11-21(20)26/h5-7,10-13,15,26H,1,8-9,14,16H2,2-4H3/b18-15+,25-13?. The summed E-state index contributed by atoms with van der Waals surface area (Å²) in [4.78, 5) is 4.25. The SMILES string of the molecule is C=C/C(=C\N=CCOCC1=C(C)CCC=C1O)c1ccccc1OC(C)(C)F. The average Bonchev–Trinajstić information content (AvgIpc) is 2.63. The van der Waals surface area contributed by atoms with E-state index in [2.05, 4.69) is 11.6 Å². The lowest BCUT2D eigenvalue weighted by molar-refractivity contribution is -0.0259. The highest BCUT2D eigenvalue weighted by molar-refractivity contribution is 5.78. The second kappa shape index (κ2) is 10.0. The molecule has 0 fully saturated rings. The van der Waals surface area contributed by atoms with E-state index in [0.29, 0.717) is 35.9 Å². The number of ether oxygens (including phenoxy) is 2. The van der Waals surface area contributed by atoms with E-state index in [-0.39, 0.29) is 0 Å². The first kappa shape index (κ1) is 21.6. The molecule has 0 saturated heterocycles. The first-order valence-corrected chi connectivity index (χ1v) is 9.29. The number of aliphatic hydroxyl groups excluding tert-OH is 1. The van der Waals surface area contributed by atoms with Gasteiger partial charge in [0.25, 0.3) is 0 Å². The molecule has 0 aliphatic heterocycles. The van der Waals surface area contributed by atoms with Crippen LogP contribution in [-0.2, 0) is 4.74 Å². The zero-order valence-electron chi connectivity index (χ0n) is 16.7. The second-order valence-corrected chi connectivity index (χ2v) is 6.98. The number of aliphatic imine (C=N–C) groups is 1. The Morgan fingerprint density at radius 1 is 1.36 bits per heavy atom. The van der Waals surface area contributed by atoms with E-state index in [1.807, 2.05) is 25.1 Å². The van der Waals surface area contributed by atoms with Crippen molar-refractivity contribution < 1.29 is 19.0 Å². The van der Waals surface area contributed by atoms with Crippen molar-refractivity contribution in [2.24, 2.45) is 4.99 Å². The minimum Gasteiger partial charge on any atom is -0.508 e. The molecule has 0 aromatic heterocycles. The molecule has 1 aromatic carbocycles. The van der Waals surface area contributed by atoms with Crippen molar-refractivity contribution in [1.82, 2.24) is 0 Å². The van der Waals surface area contributed by atoms with Gasteiger partial charge in [-0.15, -0.1) is 0 Å². The Balaban J connectivity index is 1.99. The molecule has 1 N–H and O–H groups in total. The smallest absolute Gasteiger partial charge is 0.242 e. The molecular weight excluding hydrogens is 357 g/mol. The van der Waals surface area contributed by atoms with Crippen molar-refractivity contribution >= 4 is 11.8 Å². The van der Waals surface area contributed by atoms with Gasteiger partial charge in [-0.2, -0.15) is 4.39 Å². The van der Waals surface area contributed by atoms with Crippen molar-refractivity contribution in [3.63, 3.8) is 0 Å². The molecule has 0 radical (unpaired) electrons. The lowest BCUT2D eigenvalue weighted by atomic mass is 9.98. The summed E-state index contributed by atoms with van der Waals surface area (Å²) in [7, 11) is 0. The fourth-order valence-corrected chi connectivity index (χ4v) is 2.79. The van der Waals surface area contributed by atoms with Gasteiger partial charge >= 0.3 is 0 Å². The first-order valence-electron chi connectivity index (χ1n) is 9.29. The third-order valence-corrected chi connectivity index (χ3v) is 4.21. The van der Waals surface area contributed by atoms with Crippen LogP contribution in [-0.4, -0.2) is 30.4 Å². The third-order valence-electron chi connectivity index (χ3n) is 4.21. The van der Waals surface area contributed by atoms with Gasteiger partial charge < -0.3 is 14.6 Å². The largest absolute Gasteiger partial charge is 0.508 e. The Kier molecular flexibility index (Phi) is 7.76. The zero-order valence-corrected chi connectivity index (χ0v) is 16.7. The van der Waals surface area contributed by atoms with Crippen LogP contribution >= 0.6 is 0 Å². The lowest BCUT2D eigenvalue weighted by Gasteiger charge is -2.19. The molecule has 1 aromatic rings. The van der Waals surface area contributed by atoms with Crippen LogP contribution in [0, 0.1) is 0 Å². The maximum absolute atomic E-state index is 13.9. The van der Waals surface area contributed by atoms with Gasteiger partial charge in [-0.25, -0.2) is 0 Å². The van der Waals surface area contributed by atoms with Crippen molar-refractivity contribution in [3.05, 3.63) is 71.7 Å². The Hall–Kier alpha value is -2.66. The summed E-state index contributed by atoms with van der Waals surface area (Å²) in [6.07, 6.45) is 8.53. The van der Waals surface area contributed by atoms with Gasteiger partial charge in [0.15, 0.2) is 0 Å². The summed E-state index contributed by atoms with van der Waals surface area (Å²) in [5.41, 5.74) is 3.42. The summed E-state index contributed by atoms with van der Waals surface area (Å²) >= 11 is 0. The lowest BCUT2D eigenvalue weighted by Crippen LogP contribution is -2.21. The van der Waals surface area contributed by atoms with E-state index < -0.39 is 5.85 Å². The van der Waals surface area contributed by atoms with Crippen LogP contribution < -0.4 is 4.74 Å². The van der Waals surface area contributed by atoms with E-state index in [0.717, 1.165) is 24.0 Å². The topological polar surface area (TPSA) is 51.0 Å². The summed E-state index contributed by atoms with van der Waals surface area (Å²) in [6.45, 7) is 9.17. The zero-order chi connectivity index (χ0) is 20.6. The van der Waals surface area contributed by atoms with E-state index in [9.17, 15) is 9.50 Å². The number of aliphatic hydroxyl groups is 1. The number of hydrogen-bond acceptors (Lipinski definition) is 4. The molecule has 0 spiro atoms. The van der Waals surface area contributed by atoms with Gasteiger partial charge in [-0.05, 0) is 31.9 Å². The summed E-state index contributed by atoms with van der Waals surface area (Å²) in [5.74, 6) is -1.05. The van der Waals surface area contributed by atoms with Gasteiger partial charge in [-0.3, -0.25) is 4.99 Å². The van der Waals surface area contributed by atoms with Crippen LogP contribution in [0.1, 0.15) is 39.2 Å². The fraction of sp³-hybridized carbons (Fsp3) is 0.348. The molecule has 4 nitrogen and oxygen atoms in total. The molecule has 2 rings (SSSR count). The molecule has 150 valence electrons. The molecular formula is C23H28FNO3. The Bertz CT molecular complexity index is 813. The molecule has 5 heteroatoms. The highest BCUT2D eigenvalue weighted by Gasteiger charge is 2.19. The van der Waals surface area contributed by atoms with Gasteiger partial charge in [-0.1, -0.05) is 36.4 Å². The number of benzene rings is 1. The van der Waals surface area contributed by atoms with Gasteiger partial charge in [0, 0.05) is 43.0 Å². The Labute approximate surface area is 166 Å². The molecule has 1 aliphatic carbocycles. The molecule has 28 heavy (non-hydrogen) atoms. The van der Waals surface area contributed by atoms with Gasteiger partial charge in [0.2, 0.25) is 5.85 Å². The Morgan fingerprint density at radius 3 is 2.79 bits per heavy atom. The highest BCUT2D eigenvalue weighted by Crippen LogP contribution is 2.30. The van der Waals surface area contributed by atoms with Crippen LogP contribution in [0.4, 0.5) is 4.39 Å². The number of nitrogens with zero attached hydrogens (tertiary/aromatic N) is 1. The van der Waals surface area contributed by atoms with Crippen LogP contribution in [0.3, 0.4) is 0 Å². The van der Waals surface area contributed by atoms with E-state index in [1.165, 1.54) is 13.8 Å². The van der Waals surface area contributed by atoms with Crippen molar-refractivity contribution in [3.8, 4) is 5.75 Å². The Morgan fingerprint density at radius 2 is 2.11 bits per heavy atom. The maximum Gasteiger partial charge on any atom is 0.242 e. The van der Waals surface area contributed by atoms with Crippen LogP contribution in [0.15, 0.2) is 71.1 Å². The van der Waals surface area contributed by atoms with Crippen LogP contribution in [0.2, 0.25) is 0 Å². The van der Waals surface area contributed by atoms with Crippen LogP contribution in [0.25, 0.3) is 5.57 Å². The molecule has 0 unspecified atom stereocenters. The van der Waals surface area contributed by atoms with Crippen molar-refractivity contribution in [1.29, 1.82) is 0 Å². The van der Waals surface area contributed by atoms with E-state index >= 15 is 0 Å². The molecule has 0 saturated carbocycles. The quantitative estimate of drug-likeness (QED) is 0.325. The summed E-state index contributed by atoms with van der Waals surface area (Å²) in [5, 5.41) is 9.91. The van der Waals surface area contributed by atoms with Gasteiger partial charge in [0.1, 0.15) is 11.5 Å². The summed E-state index contributed by atoms with van der Waals surface area (Å²) < 4.78 is 24.9. The number of rotatable bonds is 9. The monoisotopic (exact) mass is 385 g/mol. The molecule has 0 bridgehead atoms. The number of allylic oxidation sites excluding steroid dienone is 4. The van der Waals surface area contributed by atoms with Crippen molar-refractivity contribution in [2.75, 3.05) is 13.2 Å². The third kappa shape index (κ3) is 6.50. The minimum absolute atomic E-state index is 0.306.